The second-order valence-corrected chi connectivity index (χ2v) is 2.33. The van der Waals surface area contributed by atoms with E-state index in [1.54, 1.807) is 0 Å². The molecule has 0 aliphatic heterocycles. The maximum absolute atomic E-state index is 4.82. The molecule has 0 saturated carbocycles. The Balaban J connectivity index is 3.75. The van der Waals surface area contributed by atoms with Crippen molar-refractivity contribution in [1.29, 1.82) is 0 Å². The van der Waals surface area contributed by atoms with Gasteiger partial charge in [0.15, 0.2) is 0 Å². The molecule has 1 nitrogen and oxygen atoms in total. The lowest BCUT2D eigenvalue weighted by Crippen LogP contribution is -2.02. The van der Waals surface area contributed by atoms with Gasteiger partial charge in [-0.1, -0.05) is 12.2 Å². The van der Waals surface area contributed by atoms with Crippen molar-refractivity contribution < 1.29 is 0 Å². The Morgan fingerprint density at radius 2 is 2.00 bits per heavy atom. The number of allylic oxidation sites excluding steroid dienone is 2. The minimum absolute atomic E-state index is 0.914. The molecule has 0 aliphatic carbocycles. The molecule has 1 N–H and O–H groups in total. The average Bonchev–Trinajstić information content (AvgIpc) is 1.65. The largest absolute Gasteiger partial charge is 0.392 e. The SMILES string of the molecule is CNC(C)=CC(C)=S. The molecule has 0 rings (SSSR count). The molecule has 0 fully saturated rings. The van der Waals surface area contributed by atoms with Crippen molar-refractivity contribution in [3.63, 3.8) is 0 Å². The predicted octanol–water partition coefficient (Wildman–Crippen LogP) is 1.50. The van der Waals surface area contributed by atoms with E-state index in [1.807, 2.05) is 27.0 Å². The van der Waals surface area contributed by atoms with Gasteiger partial charge in [0.1, 0.15) is 0 Å². The van der Waals surface area contributed by atoms with Crippen LogP contribution in [0.2, 0.25) is 0 Å². The van der Waals surface area contributed by atoms with E-state index in [4.69, 9.17) is 12.2 Å². The van der Waals surface area contributed by atoms with Crippen molar-refractivity contribution in [2.45, 2.75) is 13.8 Å². The van der Waals surface area contributed by atoms with Crippen molar-refractivity contribution in [3.8, 4) is 0 Å². The predicted molar refractivity (Wildman–Crippen MR) is 41.1 cm³/mol. The van der Waals surface area contributed by atoms with Gasteiger partial charge in [-0.05, 0) is 19.9 Å². The fraction of sp³-hybridized carbons (Fsp3) is 0.500. The van der Waals surface area contributed by atoms with Crippen LogP contribution in [0.4, 0.5) is 0 Å². The van der Waals surface area contributed by atoms with Gasteiger partial charge < -0.3 is 5.32 Å². The number of thiocarbonyl (C=S) groups is 1. The third-order valence-electron chi connectivity index (χ3n) is 0.814. The van der Waals surface area contributed by atoms with Crippen LogP contribution in [0.5, 0.6) is 0 Å². The van der Waals surface area contributed by atoms with Crippen LogP contribution in [0.25, 0.3) is 0 Å². The first-order valence-electron chi connectivity index (χ1n) is 2.53. The summed E-state index contributed by atoms with van der Waals surface area (Å²) in [7, 11) is 1.88. The van der Waals surface area contributed by atoms with Crippen molar-refractivity contribution in [3.05, 3.63) is 11.8 Å². The molecule has 0 amide bonds. The first kappa shape index (κ1) is 7.63. The molecular weight excluding hydrogens is 118 g/mol. The monoisotopic (exact) mass is 129 g/mol. The fourth-order valence-corrected chi connectivity index (χ4v) is 0.554. The summed E-state index contributed by atoms with van der Waals surface area (Å²) in [5.74, 6) is 0. The van der Waals surface area contributed by atoms with E-state index in [2.05, 4.69) is 5.32 Å². The molecule has 2 heteroatoms. The molecule has 0 heterocycles. The zero-order valence-corrected chi connectivity index (χ0v) is 6.30. The number of nitrogens with one attached hydrogen (secondary N) is 1. The second kappa shape index (κ2) is 3.61. The summed E-state index contributed by atoms with van der Waals surface area (Å²) in [6, 6.07) is 0. The average molecular weight is 129 g/mol. The molecule has 0 saturated heterocycles. The molecule has 0 aromatic heterocycles. The van der Waals surface area contributed by atoms with Crippen LogP contribution in [-0.2, 0) is 0 Å². The van der Waals surface area contributed by atoms with Crippen molar-refractivity contribution in [2.24, 2.45) is 0 Å². The summed E-state index contributed by atoms with van der Waals surface area (Å²) in [4.78, 5) is 0.914. The van der Waals surface area contributed by atoms with Crippen LogP contribution >= 0.6 is 12.2 Å². The number of hydrogen-bond donors (Lipinski definition) is 1. The van der Waals surface area contributed by atoms with Gasteiger partial charge in [-0.2, -0.15) is 0 Å². The van der Waals surface area contributed by atoms with Crippen LogP contribution in [0, 0.1) is 0 Å². The van der Waals surface area contributed by atoms with Crippen LogP contribution in [0.3, 0.4) is 0 Å². The lowest BCUT2D eigenvalue weighted by molar-refractivity contribution is 0.993. The van der Waals surface area contributed by atoms with E-state index < -0.39 is 0 Å². The lowest BCUT2D eigenvalue weighted by Gasteiger charge is -1.94. The van der Waals surface area contributed by atoms with Crippen molar-refractivity contribution in [1.82, 2.24) is 5.32 Å². The lowest BCUT2D eigenvalue weighted by atomic mass is 10.4. The molecular formula is C6H11NS. The van der Waals surface area contributed by atoms with E-state index in [0.717, 1.165) is 10.6 Å². The standard InChI is InChI=1S/C6H11NS/c1-5(7-3)4-6(2)8/h4,7H,1-3H3. The zero-order valence-electron chi connectivity index (χ0n) is 5.49. The highest BCUT2D eigenvalue weighted by Gasteiger charge is 1.80. The highest BCUT2D eigenvalue weighted by Crippen LogP contribution is 1.85. The van der Waals surface area contributed by atoms with Gasteiger partial charge in [-0.15, -0.1) is 0 Å². The summed E-state index contributed by atoms with van der Waals surface area (Å²) >= 11 is 4.82. The van der Waals surface area contributed by atoms with Crippen LogP contribution in [0.15, 0.2) is 11.8 Å². The Kier molecular flexibility index (Phi) is 3.44. The van der Waals surface area contributed by atoms with Gasteiger partial charge >= 0.3 is 0 Å². The van der Waals surface area contributed by atoms with Crippen molar-refractivity contribution >= 4 is 17.1 Å². The normalized spacial score (nSPS) is 11.1. The molecule has 0 spiro atoms. The molecule has 0 aliphatic rings. The van der Waals surface area contributed by atoms with E-state index in [0.29, 0.717) is 0 Å². The molecule has 8 heavy (non-hydrogen) atoms. The molecule has 0 atom stereocenters. The third kappa shape index (κ3) is 3.81. The third-order valence-corrected chi connectivity index (χ3v) is 0.932. The maximum Gasteiger partial charge on any atom is 0.0138 e. The maximum atomic E-state index is 4.82. The Morgan fingerprint density at radius 3 is 2.12 bits per heavy atom. The Hall–Kier alpha value is -0.370. The Labute approximate surface area is 55.8 Å². The quantitative estimate of drug-likeness (QED) is 0.448. The Morgan fingerprint density at radius 1 is 1.50 bits per heavy atom. The molecule has 46 valence electrons. The minimum Gasteiger partial charge on any atom is -0.392 e. The summed E-state index contributed by atoms with van der Waals surface area (Å²) < 4.78 is 0. The van der Waals surface area contributed by atoms with Gasteiger partial charge in [0.05, 0.1) is 0 Å². The minimum atomic E-state index is 0.914. The van der Waals surface area contributed by atoms with Gasteiger partial charge in [-0.3, -0.25) is 0 Å². The molecule has 0 aromatic carbocycles. The molecule has 0 unspecified atom stereocenters. The fourth-order valence-electron chi connectivity index (χ4n) is 0.377. The van der Waals surface area contributed by atoms with Gasteiger partial charge in [-0.25, -0.2) is 0 Å². The summed E-state index contributed by atoms with van der Waals surface area (Å²) in [5, 5.41) is 2.97. The topological polar surface area (TPSA) is 12.0 Å². The van der Waals surface area contributed by atoms with E-state index in [-0.39, 0.29) is 0 Å². The van der Waals surface area contributed by atoms with Crippen LogP contribution in [0.1, 0.15) is 13.8 Å². The summed E-state index contributed by atoms with van der Waals surface area (Å²) in [5.41, 5.74) is 1.11. The van der Waals surface area contributed by atoms with Gasteiger partial charge in [0, 0.05) is 17.6 Å². The van der Waals surface area contributed by atoms with Crippen molar-refractivity contribution in [2.75, 3.05) is 7.05 Å². The molecule has 0 radical (unpaired) electrons. The van der Waals surface area contributed by atoms with E-state index in [9.17, 15) is 0 Å². The smallest absolute Gasteiger partial charge is 0.0138 e. The Bertz CT molecular complexity index is 116. The van der Waals surface area contributed by atoms with Gasteiger partial charge in [0.25, 0.3) is 0 Å². The summed E-state index contributed by atoms with van der Waals surface area (Å²) in [6.45, 7) is 3.88. The summed E-state index contributed by atoms with van der Waals surface area (Å²) in [6.07, 6.45) is 1.93. The number of hydrogen-bond acceptors (Lipinski definition) is 2. The second-order valence-electron chi connectivity index (χ2n) is 1.69. The first-order valence-corrected chi connectivity index (χ1v) is 2.94. The molecule has 0 bridgehead atoms. The van der Waals surface area contributed by atoms with E-state index in [1.165, 1.54) is 0 Å². The highest BCUT2D eigenvalue weighted by molar-refractivity contribution is 7.80. The molecule has 0 aromatic rings. The zero-order chi connectivity index (χ0) is 6.57. The van der Waals surface area contributed by atoms with E-state index >= 15 is 0 Å². The first-order chi connectivity index (χ1) is 3.66. The number of rotatable bonds is 2. The highest BCUT2D eigenvalue weighted by atomic mass is 32.1. The van der Waals surface area contributed by atoms with Gasteiger partial charge in [0.2, 0.25) is 0 Å². The van der Waals surface area contributed by atoms with Crippen LogP contribution < -0.4 is 5.32 Å². The van der Waals surface area contributed by atoms with Crippen LogP contribution in [-0.4, -0.2) is 11.9 Å².